The number of carbonyl (C=O) groups is 1. The predicted octanol–water partition coefficient (Wildman–Crippen LogP) is 3.07. The van der Waals surface area contributed by atoms with Crippen molar-refractivity contribution in [2.24, 2.45) is 0 Å². The third-order valence-electron chi connectivity index (χ3n) is 4.62. The van der Waals surface area contributed by atoms with Crippen molar-refractivity contribution in [2.45, 2.75) is 37.5 Å². The number of benzene rings is 1. The minimum atomic E-state index is -1.04. The van der Waals surface area contributed by atoms with Gasteiger partial charge in [-0.25, -0.2) is 8.78 Å². The minimum Gasteiger partial charge on any atom is -0.481 e. The Morgan fingerprint density at radius 1 is 1.10 bits per heavy atom. The van der Waals surface area contributed by atoms with E-state index in [1.807, 2.05) is 4.90 Å². The summed E-state index contributed by atoms with van der Waals surface area (Å²) in [6.07, 6.45) is 3.80. The first kappa shape index (κ1) is 13.3. The molecule has 1 N–H and O–H groups in total. The molecule has 20 heavy (non-hydrogen) atoms. The number of rotatable bonds is 3. The van der Waals surface area contributed by atoms with Gasteiger partial charge in [0.25, 0.3) is 0 Å². The summed E-state index contributed by atoms with van der Waals surface area (Å²) in [5.74, 6) is -2.80. The molecule has 0 spiro atoms. The second-order valence-corrected chi connectivity index (χ2v) is 5.72. The average molecular weight is 281 g/mol. The van der Waals surface area contributed by atoms with E-state index in [4.69, 9.17) is 0 Å². The zero-order chi connectivity index (χ0) is 14.3. The Kier molecular flexibility index (Phi) is 3.15. The van der Waals surface area contributed by atoms with E-state index in [-0.39, 0.29) is 0 Å². The zero-order valence-electron chi connectivity index (χ0n) is 11.2. The van der Waals surface area contributed by atoms with Gasteiger partial charge in [-0.3, -0.25) is 4.79 Å². The summed E-state index contributed by atoms with van der Waals surface area (Å²) < 4.78 is 27.2. The molecule has 5 heteroatoms. The summed E-state index contributed by atoms with van der Waals surface area (Å²) in [6, 6.07) is 2.26. The van der Waals surface area contributed by atoms with Crippen LogP contribution in [0.4, 0.5) is 14.5 Å². The van der Waals surface area contributed by atoms with Crippen molar-refractivity contribution in [1.29, 1.82) is 0 Å². The van der Waals surface area contributed by atoms with Crippen molar-refractivity contribution in [3.05, 3.63) is 29.3 Å². The maximum absolute atomic E-state index is 13.6. The topological polar surface area (TPSA) is 40.5 Å². The van der Waals surface area contributed by atoms with Gasteiger partial charge in [-0.2, -0.15) is 0 Å². The van der Waals surface area contributed by atoms with Crippen LogP contribution in [-0.4, -0.2) is 24.2 Å². The van der Waals surface area contributed by atoms with Crippen molar-refractivity contribution in [3.8, 4) is 0 Å². The second-order valence-electron chi connectivity index (χ2n) is 5.72. The number of anilines is 1. The first-order valence-corrected chi connectivity index (χ1v) is 7.02. The number of carboxylic acids is 1. The van der Waals surface area contributed by atoms with Gasteiger partial charge in [0.2, 0.25) is 0 Å². The van der Waals surface area contributed by atoms with Gasteiger partial charge in [-0.05, 0) is 37.3 Å². The SMILES string of the molecule is O=C(O)C1(c2cc(F)c(F)cc2N2CCCC2)CCC1. The maximum Gasteiger partial charge on any atom is 0.314 e. The molecule has 1 aliphatic heterocycles. The van der Waals surface area contributed by atoms with Gasteiger partial charge in [-0.15, -0.1) is 0 Å². The van der Waals surface area contributed by atoms with E-state index in [9.17, 15) is 18.7 Å². The van der Waals surface area contributed by atoms with Gasteiger partial charge in [0.15, 0.2) is 11.6 Å². The van der Waals surface area contributed by atoms with Crippen LogP contribution in [0.1, 0.15) is 37.7 Å². The van der Waals surface area contributed by atoms with E-state index in [0.29, 0.717) is 24.1 Å². The lowest BCUT2D eigenvalue weighted by Crippen LogP contribution is -2.43. The fourth-order valence-corrected chi connectivity index (χ4v) is 3.27. The van der Waals surface area contributed by atoms with Gasteiger partial charge in [-0.1, -0.05) is 6.42 Å². The Morgan fingerprint density at radius 3 is 2.20 bits per heavy atom. The summed E-state index contributed by atoms with van der Waals surface area (Å²) in [7, 11) is 0. The van der Waals surface area contributed by atoms with E-state index in [1.54, 1.807) is 0 Å². The Balaban J connectivity index is 2.12. The first-order valence-electron chi connectivity index (χ1n) is 7.02. The number of hydrogen-bond donors (Lipinski definition) is 1. The number of hydrogen-bond acceptors (Lipinski definition) is 2. The molecular weight excluding hydrogens is 264 g/mol. The molecule has 3 rings (SSSR count). The molecule has 1 aliphatic carbocycles. The summed E-state index contributed by atoms with van der Waals surface area (Å²) in [5, 5.41) is 9.53. The van der Waals surface area contributed by atoms with E-state index in [0.717, 1.165) is 38.4 Å². The van der Waals surface area contributed by atoms with E-state index in [1.165, 1.54) is 6.07 Å². The van der Waals surface area contributed by atoms with E-state index >= 15 is 0 Å². The minimum absolute atomic E-state index is 0.442. The molecule has 0 unspecified atom stereocenters. The number of nitrogens with zero attached hydrogens (tertiary/aromatic N) is 1. The smallest absolute Gasteiger partial charge is 0.314 e. The number of carboxylic acid groups (broad SMARTS) is 1. The summed E-state index contributed by atoms with van der Waals surface area (Å²) in [5.41, 5.74) is -0.0347. The molecule has 2 fully saturated rings. The van der Waals surface area contributed by atoms with Crippen LogP contribution >= 0.6 is 0 Å². The Morgan fingerprint density at radius 2 is 1.70 bits per heavy atom. The van der Waals surface area contributed by atoms with E-state index < -0.39 is 23.0 Å². The molecule has 1 heterocycles. The van der Waals surface area contributed by atoms with Crippen LogP contribution in [0.5, 0.6) is 0 Å². The monoisotopic (exact) mass is 281 g/mol. The summed E-state index contributed by atoms with van der Waals surface area (Å²) in [4.78, 5) is 13.6. The first-order chi connectivity index (χ1) is 9.54. The molecule has 0 radical (unpaired) electrons. The van der Waals surface area contributed by atoms with Crippen molar-refractivity contribution < 1.29 is 18.7 Å². The zero-order valence-corrected chi connectivity index (χ0v) is 11.2. The van der Waals surface area contributed by atoms with Crippen LogP contribution in [0, 0.1) is 11.6 Å². The molecular formula is C15H17F2NO2. The molecule has 108 valence electrons. The van der Waals surface area contributed by atoms with Crippen LogP contribution in [0.3, 0.4) is 0 Å². The molecule has 3 nitrogen and oxygen atoms in total. The third kappa shape index (κ3) is 1.87. The predicted molar refractivity (Wildman–Crippen MR) is 71.0 cm³/mol. The molecule has 0 bridgehead atoms. The third-order valence-corrected chi connectivity index (χ3v) is 4.62. The highest BCUT2D eigenvalue weighted by atomic mass is 19.2. The van der Waals surface area contributed by atoms with Crippen molar-refractivity contribution in [1.82, 2.24) is 0 Å². The largest absolute Gasteiger partial charge is 0.481 e. The van der Waals surface area contributed by atoms with Gasteiger partial charge in [0.05, 0.1) is 5.41 Å². The van der Waals surface area contributed by atoms with Crippen LogP contribution < -0.4 is 4.90 Å². The molecule has 1 aromatic rings. The quantitative estimate of drug-likeness (QED) is 0.925. The lowest BCUT2D eigenvalue weighted by atomic mass is 9.64. The highest BCUT2D eigenvalue weighted by molar-refractivity contribution is 5.85. The fourth-order valence-electron chi connectivity index (χ4n) is 3.27. The van der Waals surface area contributed by atoms with Crippen LogP contribution in [0.25, 0.3) is 0 Å². The van der Waals surface area contributed by atoms with Crippen LogP contribution in [0.2, 0.25) is 0 Å². The lowest BCUT2D eigenvalue weighted by molar-refractivity contribution is -0.147. The lowest BCUT2D eigenvalue weighted by Gasteiger charge is -2.40. The van der Waals surface area contributed by atoms with Gasteiger partial charge < -0.3 is 10.0 Å². The van der Waals surface area contributed by atoms with Gasteiger partial charge in [0, 0.05) is 24.8 Å². The molecule has 1 saturated heterocycles. The van der Waals surface area contributed by atoms with E-state index in [2.05, 4.69) is 0 Å². The Hall–Kier alpha value is -1.65. The second kappa shape index (κ2) is 4.72. The highest BCUT2D eigenvalue weighted by Crippen LogP contribution is 2.48. The normalized spacial score (nSPS) is 20.8. The van der Waals surface area contributed by atoms with Crippen LogP contribution in [-0.2, 0) is 10.2 Å². The summed E-state index contributed by atoms with van der Waals surface area (Å²) in [6.45, 7) is 1.54. The number of halogens is 2. The van der Waals surface area contributed by atoms with Gasteiger partial charge in [0.1, 0.15) is 0 Å². The highest BCUT2D eigenvalue weighted by Gasteiger charge is 2.48. The standard InChI is InChI=1S/C15H17F2NO2/c16-11-8-10(15(14(19)20)4-3-5-15)13(9-12(11)17)18-6-1-2-7-18/h8-9H,1-7H2,(H,19,20). The maximum atomic E-state index is 13.6. The molecule has 0 aromatic heterocycles. The molecule has 1 aromatic carbocycles. The van der Waals surface area contributed by atoms with Crippen molar-refractivity contribution in [3.63, 3.8) is 0 Å². The summed E-state index contributed by atoms with van der Waals surface area (Å²) >= 11 is 0. The molecule has 2 aliphatic rings. The average Bonchev–Trinajstić information content (AvgIpc) is 2.85. The van der Waals surface area contributed by atoms with Gasteiger partial charge >= 0.3 is 5.97 Å². The fraction of sp³-hybridized carbons (Fsp3) is 0.533. The number of aliphatic carboxylic acids is 1. The Labute approximate surface area is 116 Å². The van der Waals surface area contributed by atoms with Crippen LogP contribution in [0.15, 0.2) is 12.1 Å². The molecule has 1 saturated carbocycles. The van der Waals surface area contributed by atoms with Crippen molar-refractivity contribution in [2.75, 3.05) is 18.0 Å². The molecule has 0 atom stereocenters. The molecule has 0 amide bonds. The Bertz CT molecular complexity index is 549. The van der Waals surface area contributed by atoms with Crippen molar-refractivity contribution >= 4 is 11.7 Å².